The van der Waals surface area contributed by atoms with Gasteiger partial charge in [0, 0.05) is 39.1 Å². The van der Waals surface area contributed by atoms with Gasteiger partial charge >= 0.3 is 12.0 Å². The summed E-state index contributed by atoms with van der Waals surface area (Å²) in [4.78, 5) is 37.5. The molecular formula is C13H21N3O4. The number of nitrogens with one attached hydrogen (secondary N) is 1. The van der Waals surface area contributed by atoms with Crippen LogP contribution < -0.4 is 5.32 Å². The molecule has 0 aromatic heterocycles. The Kier molecular flexibility index (Phi) is 4.46. The van der Waals surface area contributed by atoms with E-state index in [-0.39, 0.29) is 24.4 Å². The van der Waals surface area contributed by atoms with Crippen LogP contribution in [0.25, 0.3) is 0 Å². The summed E-state index contributed by atoms with van der Waals surface area (Å²) in [6.45, 7) is 3.59. The third-order valence-corrected chi connectivity index (χ3v) is 3.91. The first-order valence-corrected chi connectivity index (χ1v) is 7.00. The molecule has 7 heteroatoms. The molecule has 2 aliphatic rings. The van der Waals surface area contributed by atoms with Crippen molar-refractivity contribution in [2.24, 2.45) is 5.92 Å². The number of amides is 3. The van der Waals surface area contributed by atoms with Gasteiger partial charge < -0.3 is 20.2 Å². The monoisotopic (exact) mass is 283 g/mol. The standard InChI is InChI=1S/C13H21N3O4/c1-9(17)15-4-6-16(7-5-15)13(20)14-11(8-12(18)19)10-2-3-10/h10-11H,2-8H2,1H3,(H,14,20)(H,18,19). The number of aliphatic carboxylic acids is 1. The second-order valence-electron chi connectivity index (χ2n) is 5.48. The number of rotatable bonds is 4. The molecule has 1 aliphatic heterocycles. The van der Waals surface area contributed by atoms with Crippen LogP contribution in [0, 0.1) is 5.92 Å². The molecular weight excluding hydrogens is 262 g/mol. The number of nitrogens with zero attached hydrogens (tertiary/aromatic N) is 2. The van der Waals surface area contributed by atoms with Gasteiger partial charge in [-0.2, -0.15) is 0 Å². The molecule has 0 bridgehead atoms. The average molecular weight is 283 g/mol. The molecule has 0 spiro atoms. The van der Waals surface area contributed by atoms with E-state index in [1.807, 2.05) is 0 Å². The van der Waals surface area contributed by atoms with E-state index in [0.29, 0.717) is 32.1 Å². The molecule has 0 aromatic carbocycles. The maximum absolute atomic E-state index is 12.1. The van der Waals surface area contributed by atoms with Gasteiger partial charge in [-0.3, -0.25) is 9.59 Å². The zero-order valence-electron chi connectivity index (χ0n) is 11.7. The molecule has 1 saturated heterocycles. The van der Waals surface area contributed by atoms with Gasteiger partial charge in [0.15, 0.2) is 0 Å². The van der Waals surface area contributed by atoms with Crippen LogP contribution in [0.5, 0.6) is 0 Å². The van der Waals surface area contributed by atoms with E-state index < -0.39 is 5.97 Å². The lowest BCUT2D eigenvalue weighted by atomic mass is 10.1. The van der Waals surface area contributed by atoms with Gasteiger partial charge in [-0.1, -0.05) is 0 Å². The molecule has 1 unspecified atom stereocenters. The summed E-state index contributed by atoms with van der Waals surface area (Å²) in [5, 5.41) is 11.7. The zero-order valence-corrected chi connectivity index (χ0v) is 11.7. The highest BCUT2D eigenvalue weighted by molar-refractivity contribution is 5.77. The Morgan fingerprint density at radius 2 is 1.70 bits per heavy atom. The Hall–Kier alpha value is -1.79. The van der Waals surface area contributed by atoms with E-state index in [4.69, 9.17) is 5.11 Å². The lowest BCUT2D eigenvalue weighted by Gasteiger charge is -2.35. The lowest BCUT2D eigenvalue weighted by molar-refractivity contribution is -0.137. The van der Waals surface area contributed by atoms with Gasteiger partial charge in [0.1, 0.15) is 0 Å². The molecule has 112 valence electrons. The van der Waals surface area contributed by atoms with Crippen LogP contribution in [0.4, 0.5) is 4.79 Å². The lowest BCUT2D eigenvalue weighted by Crippen LogP contribution is -2.54. The van der Waals surface area contributed by atoms with E-state index in [1.54, 1.807) is 9.80 Å². The second-order valence-corrected chi connectivity index (χ2v) is 5.48. The first kappa shape index (κ1) is 14.6. The van der Waals surface area contributed by atoms with Crippen molar-refractivity contribution in [3.63, 3.8) is 0 Å². The van der Waals surface area contributed by atoms with Crippen molar-refractivity contribution in [2.75, 3.05) is 26.2 Å². The number of carbonyl (C=O) groups excluding carboxylic acids is 2. The minimum absolute atomic E-state index is 0.0202. The first-order chi connectivity index (χ1) is 9.47. The molecule has 3 amide bonds. The molecule has 2 N–H and O–H groups in total. The van der Waals surface area contributed by atoms with Crippen molar-refractivity contribution in [2.45, 2.75) is 32.2 Å². The van der Waals surface area contributed by atoms with E-state index >= 15 is 0 Å². The average Bonchev–Trinajstić information content (AvgIpc) is 3.21. The number of hydrogen-bond donors (Lipinski definition) is 2. The van der Waals surface area contributed by atoms with Crippen molar-refractivity contribution in [3.8, 4) is 0 Å². The summed E-state index contributed by atoms with van der Waals surface area (Å²) in [5.74, 6) is -0.566. The third kappa shape index (κ3) is 3.85. The van der Waals surface area contributed by atoms with Crippen molar-refractivity contribution < 1.29 is 19.5 Å². The summed E-state index contributed by atoms with van der Waals surface area (Å²) in [7, 11) is 0. The largest absolute Gasteiger partial charge is 0.481 e. The highest BCUT2D eigenvalue weighted by Crippen LogP contribution is 2.34. The molecule has 1 aliphatic carbocycles. The fraction of sp³-hybridized carbons (Fsp3) is 0.769. The topological polar surface area (TPSA) is 90.0 Å². The van der Waals surface area contributed by atoms with Crippen molar-refractivity contribution >= 4 is 17.9 Å². The van der Waals surface area contributed by atoms with Gasteiger partial charge in [0.05, 0.1) is 6.42 Å². The maximum Gasteiger partial charge on any atom is 0.317 e. The first-order valence-electron chi connectivity index (χ1n) is 7.00. The van der Waals surface area contributed by atoms with Crippen LogP contribution in [0.15, 0.2) is 0 Å². The predicted octanol–water partition coefficient (Wildman–Crippen LogP) is 0.113. The fourth-order valence-corrected chi connectivity index (χ4v) is 2.50. The molecule has 1 heterocycles. The van der Waals surface area contributed by atoms with E-state index in [9.17, 15) is 14.4 Å². The minimum Gasteiger partial charge on any atom is -0.481 e. The summed E-state index contributed by atoms with van der Waals surface area (Å²) in [5.41, 5.74) is 0. The summed E-state index contributed by atoms with van der Waals surface area (Å²) in [6.07, 6.45) is 1.94. The van der Waals surface area contributed by atoms with Crippen LogP contribution in [-0.4, -0.2) is 65.0 Å². The van der Waals surface area contributed by atoms with Crippen LogP contribution >= 0.6 is 0 Å². The van der Waals surface area contributed by atoms with Gasteiger partial charge in [-0.25, -0.2) is 4.79 Å². The molecule has 1 atom stereocenters. The number of carboxylic acids is 1. The Morgan fingerprint density at radius 3 is 2.15 bits per heavy atom. The molecule has 7 nitrogen and oxygen atoms in total. The predicted molar refractivity (Wildman–Crippen MR) is 71.1 cm³/mol. The zero-order chi connectivity index (χ0) is 14.7. The van der Waals surface area contributed by atoms with E-state index in [0.717, 1.165) is 12.8 Å². The fourth-order valence-electron chi connectivity index (χ4n) is 2.50. The second kappa shape index (κ2) is 6.11. The maximum atomic E-state index is 12.1. The normalized spacial score (nSPS) is 20.4. The summed E-state index contributed by atoms with van der Waals surface area (Å²) in [6, 6.07) is -0.489. The number of hydrogen-bond acceptors (Lipinski definition) is 3. The van der Waals surface area contributed by atoms with Crippen LogP contribution in [0.3, 0.4) is 0 Å². The molecule has 20 heavy (non-hydrogen) atoms. The number of carboxylic acid groups (broad SMARTS) is 1. The van der Waals surface area contributed by atoms with E-state index in [2.05, 4.69) is 5.32 Å². The van der Waals surface area contributed by atoms with Gasteiger partial charge in [0.2, 0.25) is 5.91 Å². The van der Waals surface area contributed by atoms with Crippen LogP contribution in [0.1, 0.15) is 26.2 Å². The van der Waals surface area contributed by atoms with Crippen LogP contribution in [0.2, 0.25) is 0 Å². The molecule has 1 saturated carbocycles. The Balaban J connectivity index is 1.82. The smallest absolute Gasteiger partial charge is 0.317 e. The number of carbonyl (C=O) groups is 3. The Morgan fingerprint density at radius 1 is 1.15 bits per heavy atom. The quantitative estimate of drug-likeness (QED) is 0.766. The minimum atomic E-state index is -0.886. The highest BCUT2D eigenvalue weighted by Gasteiger charge is 2.35. The molecule has 2 rings (SSSR count). The summed E-state index contributed by atoms with van der Waals surface area (Å²) >= 11 is 0. The Labute approximate surface area is 117 Å². The van der Waals surface area contributed by atoms with Crippen molar-refractivity contribution in [1.82, 2.24) is 15.1 Å². The number of piperazine rings is 1. The number of urea groups is 1. The SMILES string of the molecule is CC(=O)N1CCN(C(=O)NC(CC(=O)O)C2CC2)CC1. The molecule has 0 radical (unpaired) electrons. The van der Waals surface area contributed by atoms with Gasteiger partial charge in [-0.15, -0.1) is 0 Å². The van der Waals surface area contributed by atoms with Gasteiger partial charge in [0.25, 0.3) is 0 Å². The third-order valence-electron chi connectivity index (χ3n) is 3.91. The van der Waals surface area contributed by atoms with E-state index in [1.165, 1.54) is 6.92 Å². The van der Waals surface area contributed by atoms with Gasteiger partial charge in [-0.05, 0) is 18.8 Å². The highest BCUT2D eigenvalue weighted by atomic mass is 16.4. The van der Waals surface area contributed by atoms with Crippen molar-refractivity contribution in [3.05, 3.63) is 0 Å². The summed E-state index contributed by atoms with van der Waals surface area (Å²) < 4.78 is 0. The Bertz CT molecular complexity index is 400. The van der Waals surface area contributed by atoms with Crippen molar-refractivity contribution in [1.29, 1.82) is 0 Å². The molecule has 2 fully saturated rings. The molecule has 0 aromatic rings. The van der Waals surface area contributed by atoms with Crippen LogP contribution in [-0.2, 0) is 9.59 Å².